The molecule has 410 valence electrons. The minimum atomic E-state index is -0.773. The molecule has 0 saturated heterocycles. The molecule has 0 N–H and O–H groups in total. The van der Waals surface area contributed by atoms with Crippen molar-refractivity contribution in [3.63, 3.8) is 0 Å². The van der Waals surface area contributed by atoms with Gasteiger partial charge in [0.25, 0.3) is 0 Å². The largest absolute Gasteiger partial charge is 0.462 e. The Bertz CT molecular complexity index is 1320. The van der Waals surface area contributed by atoms with E-state index in [0.717, 1.165) is 103 Å². The number of unbranched alkanes of at least 4 members (excludes halogenated alkanes) is 32. The van der Waals surface area contributed by atoms with Crippen molar-refractivity contribution in [1.29, 1.82) is 0 Å². The van der Waals surface area contributed by atoms with E-state index in [9.17, 15) is 14.4 Å². The first-order valence-electron chi connectivity index (χ1n) is 30.4. The van der Waals surface area contributed by atoms with Crippen LogP contribution in [0, 0.1) is 0 Å². The summed E-state index contributed by atoms with van der Waals surface area (Å²) in [5.41, 5.74) is 0. The summed E-state index contributed by atoms with van der Waals surface area (Å²) in [5.74, 6) is -0.887. The van der Waals surface area contributed by atoms with Crippen LogP contribution in [0.15, 0.2) is 72.9 Å². The second-order valence-corrected chi connectivity index (χ2v) is 20.2. The molecule has 0 fully saturated rings. The first-order valence-corrected chi connectivity index (χ1v) is 30.4. The highest BCUT2D eigenvalue weighted by Gasteiger charge is 2.19. The molecule has 6 nitrogen and oxygen atoms in total. The lowest BCUT2D eigenvalue weighted by molar-refractivity contribution is -0.167. The van der Waals surface area contributed by atoms with Crippen LogP contribution in [0.3, 0.4) is 0 Å². The van der Waals surface area contributed by atoms with Gasteiger partial charge in [0, 0.05) is 19.3 Å². The topological polar surface area (TPSA) is 78.9 Å². The number of hydrogen-bond donors (Lipinski definition) is 0. The van der Waals surface area contributed by atoms with Gasteiger partial charge in [-0.3, -0.25) is 14.4 Å². The molecular weight excluding hydrogens is 877 g/mol. The van der Waals surface area contributed by atoms with Crippen LogP contribution in [0.1, 0.15) is 303 Å². The summed E-state index contributed by atoms with van der Waals surface area (Å²) >= 11 is 0. The van der Waals surface area contributed by atoms with E-state index in [-0.39, 0.29) is 31.1 Å². The van der Waals surface area contributed by atoms with E-state index in [1.54, 1.807) is 0 Å². The fourth-order valence-electron chi connectivity index (χ4n) is 8.64. The summed E-state index contributed by atoms with van der Waals surface area (Å²) in [5, 5.41) is 0. The minimum absolute atomic E-state index is 0.0755. The molecule has 0 radical (unpaired) electrons. The van der Waals surface area contributed by atoms with Gasteiger partial charge in [0.05, 0.1) is 0 Å². The van der Waals surface area contributed by atoms with Gasteiger partial charge in [-0.25, -0.2) is 0 Å². The Morgan fingerprint density at radius 1 is 0.296 bits per heavy atom. The van der Waals surface area contributed by atoms with E-state index in [4.69, 9.17) is 14.2 Å². The van der Waals surface area contributed by atoms with E-state index in [1.807, 2.05) is 0 Å². The zero-order valence-electron chi connectivity index (χ0n) is 47.0. The van der Waals surface area contributed by atoms with Crippen LogP contribution in [0.5, 0.6) is 0 Å². The van der Waals surface area contributed by atoms with Crippen LogP contribution in [0.4, 0.5) is 0 Å². The Balaban J connectivity index is 3.97. The van der Waals surface area contributed by atoms with Crippen LogP contribution in [-0.4, -0.2) is 37.2 Å². The molecule has 0 aliphatic heterocycles. The normalized spacial score (nSPS) is 12.5. The quantitative estimate of drug-likeness (QED) is 0.0261. The van der Waals surface area contributed by atoms with Crippen LogP contribution in [0.2, 0.25) is 0 Å². The lowest BCUT2D eigenvalue weighted by Crippen LogP contribution is -2.30. The summed E-state index contributed by atoms with van der Waals surface area (Å²) in [6.07, 6.45) is 76.7. The second-order valence-electron chi connectivity index (χ2n) is 20.2. The number of ether oxygens (including phenoxy) is 3. The molecular formula is C65H114O6. The number of allylic oxidation sites excluding steroid dienone is 12. The molecule has 0 aromatic heterocycles. The predicted octanol–water partition coefficient (Wildman–Crippen LogP) is 20.5. The summed E-state index contributed by atoms with van der Waals surface area (Å²) in [4.78, 5) is 37.8. The van der Waals surface area contributed by atoms with Gasteiger partial charge in [-0.1, -0.05) is 267 Å². The zero-order valence-corrected chi connectivity index (χ0v) is 47.0. The summed E-state index contributed by atoms with van der Waals surface area (Å²) in [6, 6.07) is 0. The molecule has 0 heterocycles. The van der Waals surface area contributed by atoms with Crippen LogP contribution in [0.25, 0.3) is 0 Å². The number of carbonyl (C=O) groups is 3. The lowest BCUT2D eigenvalue weighted by Gasteiger charge is -2.18. The summed E-state index contributed by atoms with van der Waals surface area (Å²) in [7, 11) is 0. The third-order valence-corrected chi connectivity index (χ3v) is 13.2. The number of rotatable bonds is 55. The number of hydrogen-bond acceptors (Lipinski definition) is 6. The molecule has 0 saturated carbocycles. The Labute approximate surface area is 440 Å². The third-order valence-electron chi connectivity index (χ3n) is 13.2. The maximum Gasteiger partial charge on any atom is 0.306 e. The molecule has 0 aliphatic rings. The molecule has 0 bridgehead atoms. The smallest absolute Gasteiger partial charge is 0.306 e. The Hall–Kier alpha value is -3.15. The van der Waals surface area contributed by atoms with Gasteiger partial charge in [0.2, 0.25) is 0 Å². The number of esters is 3. The molecule has 0 rings (SSSR count). The van der Waals surface area contributed by atoms with Crippen molar-refractivity contribution in [3.8, 4) is 0 Å². The van der Waals surface area contributed by atoms with Crippen LogP contribution < -0.4 is 0 Å². The Morgan fingerprint density at radius 2 is 0.549 bits per heavy atom. The van der Waals surface area contributed by atoms with Gasteiger partial charge in [0.15, 0.2) is 6.10 Å². The molecule has 0 aromatic carbocycles. The summed E-state index contributed by atoms with van der Waals surface area (Å²) in [6.45, 7) is 6.44. The molecule has 0 aliphatic carbocycles. The second kappa shape index (κ2) is 59.4. The Morgan fingerprint density at radius 3 is 0.887 bits per heavy atom. The van der Waals surface area contributed by atoms with Gasteiger partial charge in [-0.15, -0.1) is 0 Å². The van der Waals surface area contributed by atoms with Gasteiger partial charge < -0.3 is 14.2 Å². The maximum absolute atomic E-state index is 12.8. The van der Waals surface area contributed by atoms with Crippen molar-refractivity contribution in [2.24, 2.45) is 0 Å². The Kier molecular flexibility index (Phi) is 56.8. The number of carbonyl (C=O) groups excluding carboxylic acids is 3. The third kappa shape index (κ3) is 57.6. The SMILES string of the molecule is CC/C=C\C/C=C\C/C=C\C/C=C\CCCCCCCCCCCCCCCCCCCCC(=O)OCC(COC(=O)CCCCCCC)OC(=O)CCCCCCCCC/C=C\C/C=C\CCCCC. The van der Waals surface area contributed by atoms with E-state index in [2.05, 4.69) is 93.7 Å². The van der Waals surface area contributed by atoms with Crippen LogP contribution in [-0.2, 0) is 28.6 Å². The maximum atomic E-state index is 12.8. The fraction of sp³-hybridized carbons (Fsp3) is 0.769. The van der Waals surface area contributed by atoms with Crippen molar-refractivity contribution in [2.45, 2.75) is 309 Å². The molecule has 0 amide bonds. The average Bonchev–Trinajstić information content (AvgIpc) is 3.37. The van der Waals surface area contributed by atoms with Crippen LogP contribution >= 0.6 is 0 Å². The highest BCUT2D eigenvalue weighted by molar-refractivity contribution is 5.71. The first kappa shape index (κ1) is 67.8. The zero-order chi connectivity index (χ0) is 51.4. The van der Waals surface area contributed by atoms with E-state index in [0.29, 0.717) is 19.3 Å². The van der Waals surface area contributed by atoms with E-state index in [1.165, 1.54) is 161 Å². The average molecular weight is 992 g/mol. The monoisotopic (exact) mass is 991 g/mol. The molecule has 6 heteroatoms. The highest BCUT2D eigenvalue weighted by atomic mass is 16.6. The van der Waals surface area contributed by atoms with Crippen molar-refractivity contribution in [2.75, 3.05) is 13.2 Å². The molecule has 1 atom stereocenters. The van der Waals surface area contributed by atoms with E-state index < -0.39 is 6.10 Å². The van der Waals surface area contributed by atoms with E-state index >= 15 is 0 Å². The van der Waals surface area contributed by atoms with Gasteiger partial charge >= 0.3 is 17.9 Å². The predicted molar refractivity (Wildman–Crippen MR) is 307 cm³/mol. The minimum Gasteiger partial charge on any atom is -0.462 e. The molecule has 71 heavy (non-hydrogen) atoms. The van der Waals surface area contributed by atoms with Crippen molar-refractivity contribution >= 4 is 17.9 Å². The molecule has 0 aromatic rings. The van der Waals surface area contributed by atoms with Gasteiger partial charge in [-0.05, 0) is 89.9 Å². The fourth-order valence-corrected chi connectivity index (χ4v) is 8.64. The molecule has 0 spiro atoms. The summed E-state index contributed by atoms with van der Waals surface area (Å²) < 4.78 is 16.7. The standard InChI is InChI=1S/C65H114O6/c1-4-7-10-13-15-17-19-21-23-25-26-27-28-29-30-31-32-33-34-35-36-37-38-40-41-43-45-47-49-52-55-58-64(67)70-61-62(60-69-63(66)57-54-51-12-9-6-3)71-65(68)59-56-53-50-48-46-44-42-39-24-22-20-18-16-14-11-8-5-2/h7,10,15-18,21-24,26-27,62H,4-6,8-9,11-14,19-20,25,28-61H2,1-3H3/b10-7-,17-15-,18-16-,23-21-,24-22-,27-26-. The highest BCUT2D eigenvalue weighted by Crippen LogP contribution is 2.17. The van der Waals surface area contributed by atoms with Crippen molar-refractivity contribution in [3.05, 3.63) is 72.9 Å². The van der Waals surface area contributed by atoms with Crippen molar-refractivity contribution < 1.29 is 28.6 Å². The van der Waals surface area contributed by atoms with Crippen molar-refractivity contribution in [1.82, 2.24) is 0 Å². The van der Waals surface area contributed by atoms with Gasteiger partial charge in [0.1, 0.15) is 13.2 Å². The first-order chi connectivity index (χ1) is 35.0. The molecule has 1 unspecified atom stereocenters. The lowest BCUT2D eigenvalue weighted by atomic mass is 10.0. The van der Waals surface area contributed by atoms with Gasteiger partial charge in [-0.2, -0.15) is 0 Å².